The van der Waals surface area contributed by atoms with Crippen molar-refractivity contribution in [3.05, 3.63) is 24.1 Å². The normalized spacial score (nSPS) is 48.7. The molecule has 0 aromatic rings. The quantitative estimate of drug-likeness (QED) is 0.694. The number of rotatable bonds is 0. The summed E-state index contributed by atoms with van der Waals surface area (Å²) in [7, 11) is 0. The highest BCUT2D eigenvalue weighted by Crippen LogP contribution is 2.62. The molecule has 4 aliphatic carbocycles. The molecule has 0 heterocycles. The highest BCUT2D eigenvalue weighted by atomic mass is 19.1. The molecule has 0 bridgehead atoms. The minimum Gasteiger partial charge on any atom is -0.300 e. The molecule has 0 aromatic carbocycles. The molecule has 122 valence electrons. The first-order valence-electron chi connectivity index (χ1n) is 8.52. The molecule has 1 unspecified atom stereocenters. The van der Waals surface area contributed by atoms with Gasteiger partial charge in [-0.1, -0.05) is 26.0 Å². The Labute approximate surface area is 135 Å². The van der Waals surface area contributed by atoms with E-state index in [4.69, 9.17) is 5.41 Å². The van der Waals surface area contributed by atoms with E-state index in [1.54, 1.807) is 0 Å². The lowest BCUT2D eigenvalue weighted by atomic mass is 9.48. The maximum absolute atomic E-state index is 14.1. The van der Waals surface area contributed by atoms with Crippen molar-refractivity contribution < 1.29 is 14.0 Å². The van der Waals surface area contributed by atoms with E-state index in [9.17, 15) is 14.0 Å². The number of nitrogens with one attached hydrogen (secondary N) is 1. The van der Waals surface area contributed by atoms with Crippen molar-refractivity contribution in [2.75, 3.05) is 0 Å². The Kier molecular flexibility index (Phi) is 2.92. The average molecular weight is 315 g/mol. The van der Waals surface area contributed by atoms with Crippen molar-refractivity contribution in [2.45, 2.75) is 39.5 Å². The highest BCUT2D eigenvalue weighted by Gasteiger charge is 2.59. The highest BCUT2D eigenvalue weighted by molar-refractivity contribution is 6.46. The maximum atomic E-state index is 14.1. The standard InChI is InChI=1S/C19H22FNO2/c1-18-8-7-12-10(11(18)5-6-15(18)22)3-4-13-16(21)17(23)14(20)9-19(12,13)2/h3-4,9-13,21H,5-8H2,1-2H3/t10-,11-,12-,13?,18-,19+/m0/s1. The fraction of sp³-hybridized carbons (Fsp3) is 0.632. The van der Waals surface area contributed by atoms with Crippen molar-refractivity contribution in [2.24, 2.45) is 34.5 Å². The van der Waals surface area contributed by atoms with Crippen molar-refractivity contribution >= 4 is 17.3 Å². The second-order valence-electron chi connectivity index (χ2n) is 8.17. The van der Waals surface area contributed by atoms with Crippen molar-refractivity contribution in [1.82, 2.24) is 0 Å². The predicted octanol–water partition coefficient (Wildman–Crippen LogP) is 3.65. The lowest BCUT2D eigenvalue weighted by Crippen LogP contribution is -2.53. The van der Waals surface area contributed by atoms with Crippen LogP contribution in [0.25, 0.3) is 0 Å². The molecule has 0 aliphatic heterocycles. The molecule has 0 spiro atoms. The van der Waals surface area contributed by atoms with Gasteiger partial charge < -0.3 is 5.41 Å². The smallest absolute Gasteiger partial charge is 0.235 e. The zero-order chi connectivity index (χ0) is 16.6. The Hall–Kier alpha value is -1.58. The zero-order valence-electron chi connectivity index (χ0n) is 13.6. The van der Waals surface area contributed by atoms with Crippen molar-refractivity contribution in [3.63, 3.8) is 0 Å². The van der Waals surface area contributed by atoms with Crippen LogP contribution in [0.2, 0.25) is 0 Å². The number of hydrogen-bond donors (Lipinski definition) is 1. The first-order valence-corrected chi connectivity index (χ1v) is 8.52. The van der Waals surface area contributed by atoms with E-state index in [0.29, 0.717) is 18.1 Å². The third kappa shape index (κ3) is 1.72. The van der Waals surface area contributed by atoms with Gasteiger partial charge in [-0.25, -0.2) is 4.39 Å². The molecule has 4 aliphatic rings. The summed E-state index contributed by atoms with van der Waals surface area (Å²) in [4.78, 5) is 24.2. The van der Waals surface area contributed by atoms with Gasteiger partial charge in [0.2, 0.25) is 5.78 Å². The van der Waals surface area contributed by atoms with Gasteiger partial charge in [-0.05, 0) is 43.1 Å². The maximum Gasteiger partial charge on any atom is 0.235 e. The van der Waals surface area contributed by atoms with Crippen LogP contribution in [-0.2, 0) is 9.59 Å². The topological polar surface area (TPSA) is 58.0 Å². The fourth-order valence-electron chi connectivity index (χ4n) is 5.85. The molecular formula is C19H22FNO2. The van der Waals surface area contributed by atoms with E-state index in [1.165, 1.54) is 6.08 Å². The Morgan fingerprint density at radius 1 is 1.17 bits per heavy atom. The zero-order valence-corrected chi connectivity index (χ0v) is 13.6. The van der Waals surface area contributed by atoms with Crippen LogP contribution in [-0.4, -0.2) is 17.3 Å². The first-order chi connectivity index (χ1) is 10.8. The summed E-state index contributed by atoms with van der Waals surface area (Å²) in [6.07, 6.45) is 8.77. The molecule has 0 aromatic heterocycles. The summed E-state index contributed by atoms with van der Waals surface area (Å²) in [5.41, 5.74) is -0.894. The molecule has 6 atom stereocenters. The predicted molar refractivity (Wildman–Crippen MR) is 84.7 cm³/mol. The number of allylic oxidation sites excluding steroid dienone is 4. The number of hydrogen-bond acceptors (Lipinski definition) is 3. The summed E-state index contributed by atoms with van der Waals surface area (Å²) < 4.78 is 14.1. The molecule has 2 saturated carbocycles. The number of Topliss-reactive ketones (excluding diaryl/α,β-unsaturated/α-hetero) is 2. The molecule has 0 saturated heterocycles. The molecule has 2 fully saturated rings. The second kappa shape index (κ2) is 4.49. The summed E-state index contributed by atoms with van der Waals surface area (Å²) in [5.74, 6) is -0.767. The first kappa shape index (κ1) is 15.0. The summed E-state index contributed by atoms with van der Waals surface area (Å²) in [6.45, 7) is 4.08. The number of carbonyl (C=O) groups is 2. The van der Waals surface area contributed by atoms with Crippen LogP contribution >= 0.6 is 0 Å². The second-order valence-corrected chi connectivity index (χ2v) is 8.17. The average Bonchev–Trinajstić information content (AvgIpc) is 2.80. The van der Waals surface area contributed by atoms with Crippen LogP contribution in [0.15, 0.2) is 24.1 Å². The largest absolute Gasteiger partial charge is 0.300 e. The lowest BCUT2D eigenvalue weighted by Gasteiger charge is -2.55. The Morgan fingerprint density at radius 3 is 2.65 bits per heavy atom. The third-order valence-corrected chi connectivity index (χ3v) is 7.25. The molecule has 1 N–H and O–H groups in total. The molecule has 4 rings (SSSR count). The lowest BCUT2D eigenvalue weighted by molar-refractivity contribution is -0.130. The number of ketones is 2. The minimum absolute atomic E-state index is 0.127. The van der Waals surface area contributed by atoms with Crippen LogP contribution in [0.4, 0.5) is 4.39 Å². The minimum atomic E-state index is -0.779. The summed E-state index contributed by atoms with van der Waals surface area (Å²) in [5, 5.41) is 8.06. The molecule has 4 heteroatoms. The van der Waals surface area contributed by atoms with Crippen molar-refractivity contribution in [1.29, 1.82) is 5.41 Å². The Balaban J connectivity index is 1.80. The van der Waals surface area contributed by atoms with E-state index in [-0.39, 0.29) is 28.9 Å². The molecule has 23 heavy (non-hydrogen) atoms. The Bertz CT molecular complexity index is 693. The van der Waals surface area contributed by atoms with Gasteiger partial charge in [0.1, 0.15) is 5.78 Å². The van der Waals surface area contributed by atoms with Crippen molar-refractivity contribution in [3.8, 4) is 0 Å². The number of halogens is 1. The molecule has 0 radical (unpaired) electrons. The van der Waals surface area contributed by atoms with Gasteiger partial charge in [0.05, 0.1) is 5.71 Å². The molecular weight excluding hydrogens is 293 g/mol. The number of fused-ring (bicyclic) bond motifs is 5. The van der Waals surface area contributed by atoms with E-state index in [0.717, 1.165) is 19.3 Å². The fourth-order valence-corrected chi connectivity index (χ4v) is 5.85. The SMILES string of the molecule is C[C@]12C=C(F)C(=O)C(=N)C1C=C[C@@H]1[C@@H]2CC[C@]2(C)C(=O)CC[C@@H]12. The van der Waals surface area contributed by atoms with E-state index < -0.39 is 17.0 Å². The van der Waals surface area contributed by atoms with Crippen LogP contribution in [0.1, 0.15) is 39.5 Å². The monoisotopic (exact) mass is 315 g/mol. The van der Waals surface area contributed by atoms with Gasteiger partial charge in [-0.15, -0.1) is 0 Å². The van der Waals surface area contributed by atoms with Gasteiger partial charge in [0.15, 0.2) is 5.83 Å². The molecule has 0 amide bonds. The van der Waals surface area contributed by atoms with Crippen LogP contribution in [0.3, 0.4) is 0 Å². The number of carbonyl (C=O) groups excluding carboxylic acids is 2. The van der Waals surface area contributed by atoms with Gasteiger partial charge in [-0.3, -0.25) is 9.59 Å². The summed E-state index contributed by atoms with van der Waals surface area (Å²) in [6, 6.07) is 0. The third-order valence-electron chi connectivity index (χ3n) is 7.25. The van der Waals surface area contributed by atoms with Gasteiger partial charge in [-0.2, -0.15) is 0 Å². The van der Waals surface area contributed by atoms with Crippen LogP contribution in [0.5, 0.6) is 0 Å². The van der Waals surface area contributed by atoms with Gasteiger partial charge in [0.25, 0.3) is 0 Å². The van der Waals surface area contributed by atoms with Gasteiger partial charge in [0, 0.05) is 23.2 Å². The summed E-state index contributed by atoms with van der Waals surface area (Å²) >= 11 is 0. The molecule has 3 nitrogen and oxygen atoms in total. The van der Waals surface area contributed by atoms with Crippen LogP contribution < -0.4 is 0 Å². The van der Waals surface area contributed by atoms with Crippen LogP contribution in [0, 0.1) is 39.9 Å². The van der Waals surface area contributed by atoms with E-state index in [2.05, 4.69) is 13.0 Å². The van der Waals surface area contributed by atoms with Gasteiger partial charge >= 0.3 is 0 Å². The van der Waals surface area contributed by atoms with E-state index in [1.807, 2.05) is 13.0 Å². The van der Waals surface area contributed by atoms with E-state index >= 15 is 0 Å². The Morgan fingerprint density at radius 2 is 1.91 bits per heavy atom.